The average Bonchev–Trinajstić information content (AvgIpc) is 3.04. The molecule has 2 rings (SSSR count). The Hall–Kier alpha value is -1.03. The Morgan fingerprint density at radius 3 is 2.72 bits per heavy atom. The maximum absolute atomic E-state index is 11.1. The molecule has 100 valence electrons. The summed E-state index contributed by atoms with van der Waals surface area (Å²) < 4.78 is 2.09. The Kier molecular flexibility index (Phi) is 3.66. The van der Waals surface area contributed by atoms with E-state index in [1.54, 1.807) is 0 Å². The first-order chi connectivity index (χ1) is 8.41. The summed E-state index contributed by atoms with van der Waals surface area (Å²) in [7, 11) is 0. The monoisotopic (exact) mass is 269 g/mol. The van der Waals surface area contributed by atoms with Gasteiger partial charge in [-0.1, -0.05) is 0 Å². The lowest BCUT2D eigenvalue weighted by molar-refractivity contribution is -0.118. The van der Waals surface area contributed by atoms with E-state index < -0.39 is 0 Å². The fourth-order valence-electron chi connectivity index (χ4n) is 1.98. The number of amides is 1. The highest BCUT2D eigenvalue weighted by Gasteiger charge is 2.31. The number of rotatable bonds is 4. The van der Waals surface area contributed by atoms with Crippen molar-refractivity contribution in [3.63, 3.8) is 0 Å². The van der Waals surface area contributed by atoms with E-state index in [1.807, 2.05) is 0 Å². The largest absolute Gasteiger partial charge is 0.349 e. The minimum Gasteiger partial charge on any atom is -0.349 e. The van der Waals surface area contributed by atoms with E-state index in [1.165, 1.54) is 18.5 Å². The SMILES string of the molecule is CC(C)(C)n1nc(CNC(=O)CCl)cc1C1CC1. The van der Waals surface area contributed by atoms with Crippen molar-refractivity contribution in [3.05, 3.63) is 17.5 Å². The number of hydrogen-bond acceptors (Lipinski definition) is 2. The molecule has 1 aromatic heterocycles. The van der Waals surface area contributed by atoms with E-state index in [9.17, 15) is 4.79 Å². The third kappa shape index (κ3) is 3.05. The summed E-state index contributed by atoms with van der Waals surface area (Å²) in [5.41, 5.74) is 2.18. The van der Waals surface area contributed by atoms with Crippen LogP contribution in [0.2, 0.25) is 0 Å². The number of carbonyl (C=O) groups is 1. The van der Waals surface area contributed by atoms with Crippen molar-refractivity contribution >= 4 is 17.5 Å². The molecule has 1 aliphatic rings. The Bertz CT molecular complexity index is 444. The van der Waals surface area contributed by atoms with E-state index in [4.69, 9.17) is 11.6 Å². The van der Waals surface area contributed by atoms with Crippen LogP contribution in [0.25, 0.3) is 0 Å². The fraction of sp³-hybridized carbons (Fsp3) is 0.692. The lowest BCUT2D eigenvalue weighted by Crippen LogP contribution is -2.26. The lowest BCUT2D eigenvalue weighted by Gasteiger charge is -2.22. The summed E-state index contributed by atoms with van der Waals surface area (Å²) >= 11 is 5.45. The molecule has 18 heavy (non-hydrogen) atoms. The van der Waals surface area contributed by atoms with Crippen LogP contribution in [-0.2, 0) is 16.9 Å². The van der Waals surface area contributed by atoms with Gasteiger partial charge in [0.25, 0.3) is 0 Å². The van der Waals surface area contributed by atoms with Gasteiger partial charge in [0.2, 0.25) is 5.91 Å². The highest BCUT2D eigenvalue weighted by atomic mass is 35.5. The maximum atomic E-state index is 11.1. The van der Waals surface area contributed by atoms with Crippen molar-refractivity contribution in [1.82, 2.24) is 15.1 Å². The zero-order valence-corrected chi connectivity index (χ0v) is 11.9. The predicted octanol–water partition coefficient (Wildman–Crippen LogP) is 2.37. The van der Waals surface area contributed by atoms with Crippen LogP contribution in [0.3, 0.4) is 0 Å². The second-order valence-electron chi connectivity index (χ2n) is 5.83. The van der Waals surface area contributed by atoms with Gasteiger partial charge >= 0.3 is 0 Å². The summed E-state index contributed by atoms with van der Waals surface area (Å²) in [5.74, 6) is 0.485. The van der Waals surface area contributed by atoms with Crippen LogP contribution in [0.4, 0.5) is 0 Å². The lowest BCUT2D eigenvalue weighted by atomic mass is 10.1. The summed E-state index contributed by atoms with van der Waals surface area (Å²) in [4.78, 5) is 11.1. The summed E-state index contributed by atoms with van der Waals surface area (Å²) in [5, 5.41) is 7.36. The van der Waals surface area contributed by atoms with Gasteiger partial charge in [-0.25, -0.2) is 0 Å². The standard InChI is InChI=1S/C13H20ClN3O/c1-13(2,3)17-11(9-4-5-9)6-10(16-17)8-15-12(18)7-14/h6,9H,4-5,7-8H2,1-3H3,(H,15,18). The number of halogens is 1. The molecule has 1 amide bonds. The number of nitrogens with one attached hydrogen (secondary N) is 1. The summed E-state index contributed by atoms with van der Waals surface area (Å²) in [6.07, 6.45) is 2.49. The minimum atomic E-state index is -0.157. The highest BCUT2D eigenvalue weighted by molar-refractivity contribution is 6.27. The van der Waals surface area contributed by atoms with Crippen LogP contribution in [0.1, 0.15) is 50.9 Å². The molecule has 1 saturated carbocycles. The fourth-order valence-corrected chi connectivity index (χ4v) is 2.07. The van der Waals surface area contributed by atoms with Crippen molar-refractivity contribution in [2.45, 2.75) is 51.6 Å². The minimum absolute atomic E-state index is 0.00450. The Morgan fingerprint density at radius 2 is 2.22 bits per heavy atom. The molecule has 0 aromatic carbocycles. The molecule has 0 radical (unpaired) electrons. The molecule has 0 unspecified atom stereocenters. The molecule has 1 N–H and O–H groups in total. The van der Waals surface area contributed by atoms with Crippen LogP contribution in [-0.4, -0.2) is 21.6 Å². The number of carbonyl (C=O) groups excluding carboxylic acids is 1. The molecular weight excluding hydrogens is 250 g/mol. The maximum Gasteiger partial charge on any atom is 0.235 e. The molecule has 0 saturated heterocycles. The summed E-state index contributed by atoms with van der Waals surface area (Å²) in [6.45, 7) is 6.89. The van der Waals surface area contributed by atoms with Crippen LogP contribution < -0.4 is 5.32 Å². The Balaban J connectivity index is 2.15. The molecule has 1 aromatic rings. The van der Waals surface area contributed by atoms with Crippen molar-refractivity contribution in [2.75, 3.05) is 5.88 Å². The highest BCUT2D eigenvalue weighted by Crippen LogP contribution is 2.41. The van der Waals surface area contributed by atoms with E-state index in [0.29, 0.717) is 12.5 Å². The number of alkyl halides is 1. The first-order valence-corrected chi connectivity index (χ1v) is 6.87. The van der Waals surface area contributed by atoms with Crippen molar-refractivity contribution in [2.24, 2.45) is 0 Å². The second-order valence-corrected chi connectivity index (χ2v) is 6.10. The van der Waals surface area contributed by atoms with E-state index in [2.05, 4.69) is 41.9 Å². The Morgan fingerprint density at radius 1 is 1.56 bits per heavy atom. The van der Waals surface area contributed by atoms with Crippen molar-refractivity contribution in [1.29, 1.82) is 0 Å². The van der Waals surface area contributed by atoms with Gasteiger partial charge in [0.05, 0.1) is 17.8 Å². The third-order valence-corrected chi connectivity index (χ3v) is 3.25. The van der Waals surface area contributed by atoms with Crippen molar-refractivity contribution in [3.8, 4) is 0 Å². The van der Waals surface area contributed by atoms with Crippen LogP contribution >= 0.6 is 11.6 Å². The predicted molar refractivity (Wildman–Crippen MR) is 71.8 cm³/mol. The van der Waals surface area contributed by atoms with Crippen molar-refractivity contribution < 1.29 is 4.79 Å². The van der Waals surface area contributed by atoms with Gasteiger partial charge in [0.15, 0.2) is 0 Å². The molecule has 0 bridgehead atoms. The molecule has 1 aliphatic carbocycles. The number of nitrogens with zero attached hydrogens (tertiary/aromatic N) is 2. The first-order valence-electron chi connectivity index (χ1n) is 6.34. The molecule has 0 atom stereocenters. The van der Waals surface area contributed by atoms with Gasteiger partial charge in [-0.05, 0) is 39.7 Å². The molecule has 5 heteroatoms. The van der Waals surface area contributed by atoms with E-state index >= 15 is 0 Å². The molecule has 0 spiro atoms. The van der Waals surface area contributed by atoms with Crippen LogP contribution in [0.5, 0.6) is 0 Å². The second kappa shape index (κ2) is 4.92. The molecule has 1 heterocycles. The van der Waals surface area contributed by atoms with Gasteiger partial charge in [-0.15, -0.1) is 11.6 Å². The van der Waals surface area contributed by atoms with Gasteiger partial charge in [0, 0.05) is 11.6 Å². The number of hydrogen-bond donors (Lipinski definition) is 1. The quantitative estimate of drug-likeness (QED) is 0.853. The molecular formula is C13H20ClN3O. The van der Waals surface area contributed by atoms with Gasteiger partial charge < -0.3 is 5.32 Å². The third-order valence-electron chi connectivity index (χ3n) is 3.01. The van der Waals surface area contributed by atoms with E-state index in [-0.39, 0.29) is 17.3 Å². The molecule has 4 nitrogen and oxygen atoms in total. The normalized spacial score (nSPS) is 15.8. The zero-order chi connectivity index (χ0) is 13.3. The summed E-state index contributed by atoms with van der Waals surface area (Å²) in [6, 6.07) is 2.11. The topological polar surface area (TPSA) is 46.9 Å². The first kappa shape index (κ1) is 13.4. The number of aromatic nitrogens is 2. The molecule has 1 fully saturated rings. The average molecular weight is 270 g/mol. The smallest absolute Gasteiger partial charge is 0.235 e. The van der Waals surface area contributed by atoms with Gasteiger partial charge in [0.1, 0.15) is 5.88 Å². The Labute approximate surface area is 113 Å². The van der Waals surface area contributed by atoms with E-state index in [0.717, 1.165) is 5.69 Å². The van der Waals surface area contributed by atoms with Gasteiger partial charge in [-0.3, -0.25) is 9.48 Å². The molecule has 0 aliphatic heterocycles. The van der Waals surface area contributed by atoms with Crippen LogP contribution in [0, 0.1) is 0 Å². The van der Waals surface area contributed by atoms with Crippen LogP contribution in [0.15, 0.2) is 6.07 Å². The van der Waals surface area contributed by atoms with Gasteiger partial charge in [-0.2, -0.15) is 5.10 Å². The zero-order valence-electron chi connectivity index (χ0n) is 11.2.